The Bertz CT molecular complexity index is 72.2. The van der Waals surface area contributed by atoms with Crippen molar-refractivity contribution in [2.24, 2.45) is 0 Å². The van der Waals surface area contributed by atoms with Crippen molar-refractivity contribution >= 4 is 0 Å². The normalized spacial score (nSPS) is 7.08. The van der Waals surface area contributed by atoms with E-state index >= 15 is 0 Å². The van der Waals surface area contributed by atoms with Gasteiger partial charge >= 0.3 is 0 Å². The molecule has 0 fully saturated rings. The van der Waals surface area contributed by atoms with Crippen molar-refractivity contribution in [2.75, 3.05) is 26.4 Å². The van der Waals surface area contributed by atoms with Crippen LogP contribution in [0.15, 0.2) is 25.3 Å². The summed E-state index contributed by atoms with van der Waals surface area (Å²) in [6.45, 7) is 12.1. The minimum Gasteiger partial charge on any atom is -0.394 e. The number of ether oxygens (including phenoxy) is 1. The van der Waals surface area contributed by atoms with E-state index in [2.05, 4.69) is 13.2 Å². The molecule has 0 aliphatic heterocycles. The molecule has 0 bridgehead atoms. The molecule has 0 unspecified atom stereocenters. The summed E-state index contributed by atoms with van der Waals surface area (Å²) in [4.78, 5) is 0. The maximum Gasteiger partial charge on any atom is 0.0662 e. The average Bonchev–Trinajstić information content (AvgIpc) is 2.20. The Kier molecular flexibility index (Phi) is 42.2. The van der Waals surface area contributed by atoms with E-state index in [4.69, 9.17) is 14.9 Å². The number of rotatable bonds is 4. The Morgan fingerprint density at radius 1 is 1.00 bits per heavy atom. The first kappa shape index (κ1) is 18.2. The maximum atomic E-state index is 7.62. The summed E-state index contributed by atoms with van der Waals surface area (Å²) in [6, 6.07) is 0. The molecule has 0 aliphatic carbocycles. The van der Waals surface area contributed by atoms with E-state index in [-0.39, 0.29) is 13.2 Å². The van der Waals surface area contributed by atoms with Gasteiger partial charge in [-0.25, -0.2) is 0 Å². The van der Waals surface area contributed by atoms with Crippen LogP contribution in [0.4, 0.5) is 0 Å². The van der Waals surface area contributed by atoms with Crippen molar-refractivity contribution < 1.29 is 14.9 Å². The number of hydrogen-bond acceptors (Lipinski definition) is 3. The Balaban J connectivity index is -0.000000117. The second kappa shape index (κ2) is 30.1. The third kappa shape index (κ3) is 88.2. The molecule has 0 spiro atoms. The molecule has 3 heteroatoms. The molecule has 0 atom stereocenters. The molecular weight excluding hydrogens is 168 g/mol. The predicted molar refractivity (Wildman–Crippen MR) is 56.7 cm³/mol. The van der Waals surface area contributed by atoms with E-state index in [1.807, 2.05) is 13.8 Å². The third-order valence-electron chi connectivity index (χ3n) is 0.675. The molecule has 2 N–H and O–H groups in total. The van der Waals surface area contributed by atoms with Gasteiger partial charge in [-0.3, -0.25) is 0 Å². The smallest absolute Gasteiger partial charge is 0.0662 e. The third-order valence-corrected chi connectivity index (χ3v) is 0.675. The quantitative estimate of drug-likeness (QED) is 0.658. The minimum atomic E-state index is -0.125. The molecule has 0 heterocycles. The van der Waals surface area contributed by atoms with Crippen LogP contribution in [0.2, 0.25) is 0 Å². The topological polar surface area (TPSA) is 49.7 Å². The highest BCUT2D eigenvalue weighted by atomic mass is 16.5. The fourth-order valence-electron chi connectivity index (χ4n) is 0.204. The Morgan fingerprint density at radius 3 is 1.31 bits per heavy atom. The van der Waals surface area contributed by atoms with Gasteiger partial charge in [0.1, 0.15) is 0 Å². The summed E-state index contributed by atoms with van der Waals surface area (Å²) in [7, 11) is 0. The molecule has 0 aliphatic rings. The van der Waals surface area contributed by atoms with Crippen molar-refractivity contribution in [1.82, 2.24) is 0 Å². The maximum absolute atomic E-state index is 7.62. The van der Waals surface area contributed by atoms with E-state index in [9.17, 15) is 0 Å². The van der Waals surface area contributed by atoms with Crippen molar-refractivity contribution in [3.05, 3.63) is 25.3 Å². The van der Waals surface area contributed by atoms with Crippen LogP contribution >= 0.6 is 0 Å². The fraction of sp³-hybridized carbons (Fsp3) is 0.600. The van der Waals surface area contributed by atoms with Crippen LogP contribution in [0, 0.1) is 0 Å². The van der Waals surface area contributed by atoms with Crippen molar-refractivity contribution in [2.45, 2.75) is 13.8 Å². The zero-order valence-corrected chi connectivity index (χ0v) is 8.70. The summed E-state index contributed by atoms with van der Waals surface area (Å²) in [5.74, 6) is 0. The monoisotopic (exact) mass is 190 g/mol. The first-order chi connectivity index (χ1) is 6.24. The molecule has 0 rings (SSSR count). The second-order valence-electron chi connectivity index (χ2n) is 1.70. The number of hydrogen-bond donors (Lipinski definition) is 2. The molecule has 0 amide bonds. The second-order valence-corrected chi connectivity index (χ2v) is 1.70. The van der Waals surface area contributed by atoms with Crippen molar-refractivity contribution in [3.63, 3.8) is 0 Å². The average molecular weight is 190 g/mol. The van der Waals surface area contributed by atoms with Gasteiger partial charge in [0.15, 0.2) is 0 Å². The highest BCUT2D eigenvalue weighted by Crippen LogP contribution is 1.64. The molecule has 80 valence electrons. The lowest BCUT2D eigenvalue weighted by molar-refractivity contribution is 0.162. The van der Waals surface area contributed by atoms with E-state index in [1.165, 1.54) is 0 Å². The first-order valence-electron chi connectivity index (χ1n) is 4.27. The molecule has 0 saturated carbocycles. The van der Waals surface area contributed by atoms with Gasteiger partial charge < -0.3 is 14.9 Å². The summed E-state index contributed by atoms with van der Waals surface area (Å²) < 4.78 is 4.83. The van der Waals surface area contributed by atoms with E-state index < -0.39 is 0 Å². The van der Waals surface area contributed by atoms with Crippen molar-refractivity contribution in [3.8, 4) is 0 Å². The first-order valence-corrected chi connectivity index (χ1v) is 4.27. The molecule has 0 aromatic heterocycles. The molecular formula is C10H22O3. The Morgan fingerprint density at radius 2 is 1.31 bits per heavy atom. The summed E-state index contributed by atoms with van der Waals surface area (Å²) >= 11 is 0. The van der Waals surface area contributed by atoms with Crippen LogP contribution < -0.4 is 0 Å². The highest BCUT2D eigenvalue weighted by Gasteiger charge is 1.64. The van der Waals surface area contributed by atoms with Gasteiger partial charge in [0, 0.05) is 13.2 Å². The standard InChI is InChI=1S/C4H10O.C4H6.C2H6O2/c1-3-5-4-2;1-3-4-2;3-1-2-4/h3-4H2,1-2H3;2*3-4H,1-2H2. The van der Waals surface area contributed by atoms with Gasteiger partial charge in [0.2, 0.25) is 0 Å². The van der Waals surface area contributed by atoms with Gasteiger partial charge in [-0.05, 0) is 13.8 Å². The van der Waals surface area contributed by atoms with Crippen LogP contribution in [-0.2, 0) is 4.74 Å². The lowest BCUT2D eigenvalue weighted by Gasteiger charge is -1.86. The van der Waals surface area contributed by atoms with Crippen molar-refractivity contribution in [1.29, 1.82) is 0 Å². The van der Waals surface area contributed by atoms with Gasteiger partial charge in [-0.15, -0.1) is 0 Å². The zero-order valence-electron chi connectivity index (χ0n) is 8.70. The van der Waals surface area contributed by atoms with E-state index in [0.717, 1.165) is 13.2 Å². The largest absolute Gasteiger partial charge is 0.394 e. The van der Waals surface area contributed by atoms with Crippen LogP contribution in [0.25, 0.3) is 0 Å². The highest BCUT2D eigenvalue weighted by molar-refractivity contribution is 4.88. The Labute approximate surface area is 81.4 Å². The predicted octanol–water partition coefficient (Wildman–Crippen LogP) is 1.37. The van der Waals surface area contributed by atoms with Gasteiger partial charge in [0.25, 0.3) is 0 Å². The van der Waals surface area contributed by atoms with Crippen LogP contribution in [0.1, 0.15) is 13.8 Å². The molecule has 0 aromatic rings. The van der Waals surface area contributed by atoms with E-state index in [1.54, 1.807) is 12.2 Å². The van der Waals surface area contributed by atoms with E-state index in [0.29, 0.717) is 0 Å². The number of aliphatic hydroxyl groups is 2. The molecule has 0 aromatic carbocycles. The van der Waals surface area contributed by atoms with Crippen LogP contribution in [0.3, 0.4) is 0 Å². The Hall–Kier alpha value is -0.640. The lowest BCUT2D eigenvalue weighted by Crippen LogP contribution is -1.85. The number of aliphatic hydroxyl groups excluding tert-OH is 2. The van der Waals surface area contributed by atoms with Gasteiger partial charge in [0.05, 0.1) is 13.2 Å². The molecule has 0 radical (unpaired) electrons. The lowest BCUT2D eigenvalue weighted by atomic mass is 10.6. The van der Waals surface area contributed by atoms with Crippen LogP contribution in [-0.4, -0.2) is 36.6 Å². The number of allylic oxidation sites excluding steroid dienone is 2. The summed E-state index contributed by atoms with van der Waals surface area (Å²) in [5.41, 5.74) is 0. The van der Waals surface area contributed by atoms with Crippen LogP contribution in [0.5, 0.6) is 0 Å². The summed E-state index contributed by atoms with van der Waals surface area (Å²) in [6.07, 6.45) is 3.28. The molecule has 0 saturated heterocycles. The minimum absolute atomic E-state index is 0.125. The fourth-order valence-corrected chi connectivity index (χ4v) is 0.204. The van der Waals surface area contributed by atoms with Gasteiger partial charge in [-0.1, -0.05) is 25.3 Å². The SMILES string of the molecule is C=CC=C.CCOCC.OCCO. The van der Waals surface area contributed by atoms with Gasteiger partial charge in [-0.2, -0.15) is 0 Å². The molecule has 13 heavy (non-hydrogen) atoms. The summed E-state index contributed by atoms with van der Waals surface area (Å²) in [5, 5.41) is 15.2. The zero-order chi connectivity index (χ0) is 10.9. The molecule has 3 nitrogen and oxygen atoms in total.